The number of rotatable bonds is 3. The van der Waals surface area contributed by atoms with Crippen LogP contribution in [0.2, 0.25) is 0 Å². The molecule has 0 aromatic heterocycles. The van der Waals surface area contributed by atoms with Gasteiger partial charge in [0.2, 0.25) is 0 Å². The Morgan fingerprint density at radius 2 is 1.88 bits per heavy atom. The molecule has 1 aliphatic heterocycles. The summed E-state index contributed by atoms with van der Waals surface area (Å²) in [6.07, 6.45) is 6.96. The molecule has 0 bridgehead atoms. The molecule has 2 fully saturated rings. The minimum atomic E-state index is 0.528. The van der Waals surface area contributed by atoms with Crippen LogP contribution in [0.25, 0.3) is 0 Å². The van der Waals surface area contributed by atoms with Gasteiger partial charge in [0, 0.05) is 19.1 Å². The minimum absolute atomic E-state index is 0.528. The Morgan fingerprint density at radius 3 is 2.53 bits per heavy atom. The summed E-state index contributed by atoms with van der Waals surface area (Å²) in [5.74, 6) is 1.08. The Kier molecular flexibility index (Phi) is 4.79. The van der Waals surface area contributed by atoms with Crippen molar-refractivity contribution >= 4 is 12.6 Å². The smallest absolute Gasteiger partial charge is 0.0195 e. The van der Waals surface area contributed by atoms with Crippen molar-refractivity contribution < 1.29 is 0 Å². The van der Waals surface area contributed by atoms with Gasteiger partial charge in [-0.15, -0.1) is 0 Å². The summed E-state index contributed by atoms with van der Waals surface area (Å²) >= 11 is 4.64. The molecule has 3 heteroatoms. The minimum Gasteiger partial charge on any atom is -0.305 e. The molecule has 1 saturated heterocycles. The maximum atomic E-state index is 4.64. The van der Waals surface area contributed by atoms with Gasteiger partial charge in [-0.05, 0) is 57.5 Å². The number of likely N-dealkylation sites (N-methyl/N-ethyl adjacent to an activating group) is 1. The third-order valence-electron chi connectivity index (χ3n) is 4.72. The van der Waals surface area contributed by atoms with Crippen molar-refractivity contribution in [3.63, 3.8) is 0 Å². The van der Waals surface area contributed by atoms with Gasteiger partial charge in [0.05, 0.1) is 0 Å². The molecule has 1 saturated carbocycles. The maximum absolute atomic E-state index is 4.64. The van der Waals surface area contributed by atoms with Crippen LogP contribution in [0.1, 0.15) is 39.0 Å². The summed E-state index contributed by atoms with van der Waals surface area (Å²) < 4.78 is 0. The fraction of sp³-hybridized carbons (Fsp3) is 1.00. The molecule has 1 aliphatic carbocycles. The first-order valence-electron chi connectivity index (χ1n) is 7.19. The molecule has 2 rings (SSSR count). The van der Waals surface area contributed by atoms with Gasteiger partial charge in [-0.1, -0.05) is 12.8 Å². The zero-order valence-electron chi connectivity index (χ0n) is 11.5. The molecule has 0 amide bonds. The summed E-state index contributed by atoms with van der Waals surface area (Å²) in [6.45, 7) is 7.44. The fourth-order valence-electron chi connectivity index (χ4n) is 3.58. The van der Waals surface area contributed by atoms with E-state index in [0.29, 0.717) is 11.5 Å². The van der Waals surface area contributed by atoms with Crippen LogP contribution in [0, 0.1) is 5.41 Å². The lowest BCUT2D eigenvalue weighted by Crippen LogP contribution is -2.44. The average Bonchev–Trinajstić information content (AvgIpc) is 2.70. The van der Waals surface area contributed by atoms with Crippen LogP contribution in [-0.4, -0.2) is 54.8 Å². The number of thiol groups is 1. The summed E-state index contributed by atoms with van der Waals surface area (Å²) in [7, 11) is 2.25. The quantitative estimate of drug-likeness (QED) is 0.775. The van der Waals surface area contributed by atoms with Gasteiger partial charge in [0.1, 0.15) is 0 Å². The topological polar surface area (TPSA) is 6.48 Å². The molecule has 0 aromatic carbocycles. The van der Waals surface area contributed by atoms with Gasteiger partial charge in [0.15, 0.2) is 0 Å². The molecule has 1 unspecified atom stereocenters. The lowest BCUT2D eigenvalue weighted by molar-refractivity contribution is 0.132. The Labute approximate surface area is 112 Å². The predicted molar refractivity (Wildman–Crippen MR) is 77.9 cm³/mol. The monoisotopic (exact) mass is 256 g/mol. The maximum Gasteiger partial charge on any atom is 0.0195 e. The molecule has 100 valence electrons. The van der Waals surface area contributed by atoms with Crippen LogP contribution in [0.3, 0.4) is 0 Å². The van der Waals surface area contributed by atoms with Crippen molar-refractivity contribution in [2.75, 3.05) is 39.0 Å². The third kappa shape index (κ3) is 3.39. The molecular weight excluding hydrogens is 228 g/mol. The van der Waals surface area contributed by atoms with E-state index in [1.165, 1.54) is 58.3 Å². The first-order chi connectivity index (χ1) is 8.15. The second-order valence-corrected chi connectivity index (χ2v) is 6.62. The normalized spacial score (nSPS) is 31.6. The van der Waals surface area contributed by atoms with Crippen LogP contribution >= 0.6 is 12.6 Å². The fourth-order valence-corrected chi connectivity index (χ4v) is 4.00. The molecule has 1 atom stereocenters. The van der Waals surface area contributed by atoms with Gasteiger partial charge in [0.25, 0.3) is 0 Å². The van der Waals surface area contributed by atoms with Gasteiger partial charge in [-0.25, -0.2) is 0 Å². The van der Waals surface area contributed by atoms with Crippen LogP contribution in [0.4, 0.5) is 0 Å². The van der Waals surface area contributed by atoms with E-state index in [1.54, 1.807) is 0 Å². The highest BCUT2D eigenvalue weighted by Gasteiger charge is 2.35. The van der Waals surface area contributed by atoms with E-state index in [9.17, 15) is 0 Å². The highest BCUT2D eigenvalue weighted by atomic mass is 32.1. The van der Waals surface area contributed by atoms with E-state index >= 15 is 0 Å². The first kappa shape index (κ1) is 13.7. The van der Waals surface area contributed by atoms with E-state index in [-0.39, 0.29) is 0 Å². The summed E-state index contributed by atoms with van der Waals surface area (Å²) in [5.41, 5.74) is 0.528. The Morgan fingerprint density at radius 1 is 1.18 bits per heavy atom. The van der Waals surface area contributed by atoms with Gasteiger partial charge in [-0.3, -0.25) is 4.90 Å². The van der Waals surface area contributed by atoms with Crippen molar-refractivity contribution in [3.05, 3.63) is 0 Å². The third-order valence-corrected chi connectivity index (χ3v) is 5.39. The Bertz CT molecular complexity index is 238. The molecule has 0 N–H and O–H groups in total. The molecule has 0 aromatic rings. The van der Waals surface area contributed by atoms with Crippen LogP contribution in [0.15, 0.2) is 0 Å². The zero-order valence-corrected chi connectivity index (χ0v) is 12.4. The lowest BCUT2D eigenvalue weighted by atomic mass is 9.87. The molecule has 1 heterocycles. The molecule has 2 nitrogen and oxygen atoms in total. The Balaban J connectivity index is 1.96. The van der Waals surface area contributed by atoms with Gasteiger partial charge >= 0.3 is 0 Å². The average molecular weight is 256 g/mol. The molecule has 17 heavy (non-hydrogen) atoms. The molecule has 0 spiro atoms. The van der Waals surface area contributed by atoms with Gasteiger partial charge < -0.3 is 4.90 Å². The highest BCUT2D eigenvalue weighted by molar-refractivity contribution is 7.80. The van der Waals surface area contributed by atoms with Crippen molar-refractivity contribution in [1.82, 2.24) is 9.80 Å². The number of hydrogen-bond donors (Lipinski definition) is 1. The summed E-state index contributed by atoms with van der Waals surface area (Å²) in [4.78, 5) is 5.21. The summed E-state index contributed by atoms with van der Waals surface area (Å²) in [5, 5.41) is 0. The summed E-state index contributed by atoms with van der Waals surface area (Å²) in [6, 6.07) is 0.708. The first-order valence-corrected chi connectivity index (χ1v) is 7.82. The van der Waals surface area contributed by atoms with E-state index in [4.69, 9.17) is 0 Å². The van der Waals surface area contributed by atoms with Crippen LogP contribution in [0.5, 0.6) is 0 Å². The number of nitrogens with zero attached hydrogens (tertiary/aromatic N) is 2. The van der Waals surface area contributed by atoms with Crippen molar-refractivity contribution in [2.45, 2.75) is 45.1 Å². The molecule has 0 radical (unpaired) electrons. The molecule has 2 aliphatic rings. The van der Waals surface area contributed by atoms with E-state index in [2.05, 4.69) is 36.4 Å². The largest absolute Gasteiger partial charge is 0.305 e. The zero-order chi connectivity index (χ0) is 12.3. The van der Waals surface area contributed by atoms with Crippen LogP contribution < -0.4 is 0 Å². The predicted octanol–water partition coefficient (Wildman–Crippen LogP) is 2.50. The second-order valence-electron chi connectivity index (χ2n) is 6.30. The second kappa shape index (κ2) is 5.94. The number of hydrogen-bond acceptors (Lipinski definition) is 3. The van der Waals surface area contributed by atoms with Crippen molar-refractivity contribution in [2.24, 2.45) is 5.41 Å². The van der Waals surface area contributed by atoms with E-state index < -0.39 is 0 Å². The van der Waals surface area contributed by atoms with Crippen LogP contribution in [-0.2, 0) is 0 Å². The van der Waals surface area contributed by atoms with Crippen molar-refractivity contribution in [1.29, 1.82) is 0 Å². The van der Waals surface area contributed by atoms with E-state index in [0.717, 1.165) is 5.75 Å². The Hall–Kier alpha value is 0.270. The molecular formula is C14H28N2S. The van der Waals surface area contributed by atoms with E-state index in [1.807, 2.05) is 0 Å². The van der Waals surface area contributed by atoms with Gasteiger partial charge in [-0.2, -0.15) is 12.6 Å². The lowest BCUT2D eigenvalue weighted by Gasteiger charge is -2.37. The SMILES string of the molecule is CC1CN(C)CCCN1CC1(CS)CCCC1. The highest BCUT2D eigenvalue weighted by Crippen LogP contribution is 2.40. The van der Waals surface area contributed by atoms with Crippen molar-refractivity contribution in [3.8, 4) is 0 Å². The standard InChI is InChI=1S/C14H28N2S/c1-13-10-15(2)8-5-9-16(13)11-14(12-17)6-3-4-7-14/h13,17H,3-12H2,1-2H3.